The molecule has 22 heavy (non-hydrogen) atoms. The number of ether oxygens (including phenoxy) is 1. The van der Waals surface area contributed by atoms with Gasteiger partial charge in [-0.15, -0.1) is 0 Å². The first-order valence-corrected chi connectivity index (χ1v) is 7.32. The molecule has 6 nitrogen and oxygen atoms in total. The number of piperidine rings is 1. The number of carbonyl (C=O) groups is 1. The number of alkyl halides is 1. The smallest absolute Gasteiger partial charge is 0.407 e. The minimum atomic E-state index is -1.04. The average molecular weight is 310 g/mol. The Hall–Kier alpha value is -2.05. The third-order valence-corrected chi connectivity index (χ3v) is 3.29. The van der Waals surface area contributed by atoms with Gasteiger partial charge in [-0.3, -0.25) is 4.98 Å². The van der Waals surface area contributed by atoms with E-state index < -0.39 is 17.9 Å². The van der Waals surface area contributed by atoms with Crippen LogP contribution < -0.4 is 16.0 Å². The summed E-state index contributed by atoms with van der Waals surface area (Å²) in [5, 5.41) is 2.73. The van der Waals surface area contributed by atoms with Gasteiger partial charge in [-0.25, -0.2) is 9.18 Å². The van der Waals surface area contributed by atoms with Crippen LogP contribution >= 0.6 is 0 Å². The van der Waals surface area contributed by atoms with Crippen LogP contribution in [0.4, 0.5) is 20.6 Å². The first kappa shape index (κ1) is 16.3. The number of nitrogens with zero attached hydrogens (tertiary/aromatic N) is 2. The molecule has 2 atom stereocenters. The summed E-state index contributed by atoms with van der Waals surface area (Å²) in [5.74, 6) is 0. The van der Waals surface area contributed by atoms with Crippen molar-refractivity contribution in [1.29, 1.82) is 0 Å². The molecular formula is C15H23FN4O2. The molecular weight excluding hydrogens is 287 g/mol. The second-order valence-electron chi connectivity index (χ2n) is 6.52. The number of pyridine rings is 1. The van der Waals surface area contributed by atoms with Gasteiger partial charge in [-0.2, -0.15) is 0 Å². The van der Waals surface area contributed by atoms with Crippen LogP contribution in [0.2, 0.25) is 0 Å². The van der Waals surface area contributed by atoms with E-state index in [2.05, 4.69) is 10.3 Å². The number of nitrogens with one attached hydrogen (secondary N) is 1. The molecule has 122 valence electrons. The van der Waals surface area contributed by atoms with Crippen LogP contribution in [0.1, 0.15) is 27.2 Å². The number of alkyl carbamates (subject to hydrolysis) is 1. The lowest BCUT2D eigenvalue weighted by Gasteiger charge is -2.37. The highest BCUT2D eigenvalue weighted by atomic mass is 19.1. The van der Waals surface area contributed by atoms with Crippen molar-refractivity contribution in [2.24, 2.45) is 0 Å². The van der Waals surface area contributed by atoms with Crippen LogP contribution in [0.3, 0.4) is 0 Å². The van der Waals surface area contributed by atoms with E-state index >= 15 is 0 Å². The van der Waals surface area contributed by atoms with Crippen molar-refractivity contribution in [1.82, 2.24) is 10.3 Å². The average Bonchev–Trinajstić information content (AvgIpc) is 2.35. The second kappa shape index (κ2) is 6.37. The number of nitrogen functional groups attached to an aromatic ring is 1. The molecule has 0 radical (unpaired) electrons. The number of anilines is 2. The van der Waals surface area contributed by atoms with E-state index in [1.807, 2.05) is 4.90 Å². The number of aromatic nitrogens is 1. The van der Waals surface area contributed by atoms with E-state index in [1.165, 1.54) is 6.20 Å². The monoisotopic (exact) mass is 310 g/mol. The molecule has 1 aliphatic heterocycles. The van der Waals surface area contributed by atoms with Crippen molar-refractivity contribution in [3.05, 3.63) is 18.5 Å². The lowest BCUT2D eigenvalue weighted by molar-refractivity contribution is 0.0491. The molecule has 1 saturated heterocycles. The van der Waals surface area contributed by atoms with Gasteiger partial charge in [0.1, 0.15) is 11.8 Å². The summed E-state index contributed by atoms with van der Waals surface area (Å²) in [7, 11) is 0. The van der Waals surface area contributed by atoms with Crippen LogP contribution in [0.5, 0.6) is 0 Å². The van der Waals surface area contributed by atoms with Gasteiger partial charge in [0.15, 0.2) is 0 Å². The van der Waals surface area contributed by atoms with Gasteiger partial charge in [-0.05, 0) is 26.8 Å². The molecule has 2 rings (SSSR count). The summed E-state index contributed by atoms with van der Waals surface area (Å²) in [5.41, 5.74) is 6.53. The molecule has 0 spiro atoms. The topological polar surface area (TPSA) is 80.5 Å². The molecule has 1 aromatic rings. The number of halogens is 1. The Balaban J connectivity index is 2.02. The predicted octanol–water partition coefficient (Wildman–Crippen LogP) is 2.11. The van der Waals surface area contributed by atoms with Gasteiger partial charge >= 0.3 is 6.09 Å². The number of carbonyl (C=O) groups excluding carboxylic acids is 1. The molecule has 1 aromatic heterocycles. The number of hydrogen-bond donors (Lipinski definition) is 2. The minimum Gasteiger partial charge on any atom is -0.444 e. The number of amides is 1. The van der Waals surface area contributed by atoms with Crippen LogP contribution in [0.15, 0.2) is 18.5 Å². The molecule has 0 saturated carbocycles. The standard InChI is InChI=1S/C15H23FN4O2/c1-15(2,3)22-14(21)19-11-6-10(16)8-20(9-11)13-4-5-18-7-12(13)17/h4-5,7,10-11H,6,8-9,17H2,1-3H3,(H,19,21)/t10-,11-/m0/s1. The van der Waals surface area contributed by atoms with E-state index in [9.17, 15) is 9.18 Å². The second-order valence-corrected chi connectivity index (χ2v) is 6.52. The summed E-state index contributed by atoms with van der Waals surface area (Å²) in [4.78, 5) is 17.6. The lowest BCUT2D eigenvalue weighted by atomic mass is 10.0. The Kier molecular flexibility index (Phi) is 4.73. The Bertz CT molecular complexity index is 533. The Labute approximate surface area is 129 Å². The largest absolute Gasteiger partial charge is 0.444 e. The van der Waals surface area contributed by atoms with Crippen molar-refractivity contribution in [3.63, 3.8) is 0 Å². The zero-order valence-corrected chi connectivity index (χ0v) is 13.2. The molecule has 0 bridgehead atoms. The van der Waals surface area contributed by atoms with E-state index in [4.69, 9.17) is 10.5 Å². The van der Waals surface area contributed by atoms with Crippen molar-refractivity contribution < 1.29 is 13.9 Å². The normalized spacial score (nSPS) is 22.3. The highest BCUT2D eigenvalue weighted by Crippen LogP contribution is 2.26. The van der Waals surface area contributed by atoms with Crippen LogP contribution in [0, 0.1) is 0 Å². The number of rotatable bonds is 2. The fourth-order valence-electron chi connectivity index (χ4n) is 2.50. The van der Waals surface area contributed by atoms with Crippen molar-refractivity contribution in [2.45, 2.75) is 45.0 Å². The maximum atomic E-state index is 14.0. The summed E-state index contributed by atoms with van der Waals surface area (Å²) >= 11 is 0. The fourth-order valence-corrected chi connectivity index (χ4v) is 2.50. The third-order valence-electron chi connectivity index (χ3n) is 3.29. The summed E-state index contributed by atoms with van der Waals surface area (Å²) in [6.45, 7) is 6.09. The minimum absolute atomic E-state index is 0.251. The summed E-state index contributed by atoms with van der Waals surface area (Å²) < 4.78 is 19.2. The van der Waals surface area contributed by atoms with Crippen molar-refractivity contribution >= 4 is 17.5 Å². The zero-order valence-electron chi connectivity index (χ0n) is 13.2. The first-order chi connectivity index (χ1) is 10.2. The predicted molar refractivity (Wildman–Crippen MR) is 83.5 cm³/mol. The van der Waals surface area contributed by atoms with Gasteiger partial charge in [0.05, 0.1) is 23.6 Å². The van der Waals surface area contributed by atoms with Gasteiger partial charge in [0, 0.05) is 25.7 Å². The Morgan fingerprint density at radius 1 is 1.50 bits per heavy atom. The Morgan fingerprint density at radius 3 is 2.86 bits per heavy atom. The Morgan fingerprint density at radius 2 is 2.23 bits per heavy atom. The van der Waals surface area contributed by atoms with E-state index in [1.54, 1.807) is 33.0 Å². The van der Waals surface area contributed by atoms with E-state index in [0.29, 0.717) is 12.2 Å². The highest BCUT2D eigenvalue weighted by Gasteiger charge is 2.30. The molecule has 0 unspecified atom stereocenters. The van der Waals surface area contributed by atoms with Gasteiger partial charge in [-0.1, -0.05) is 0 Å². The zero-order chi connectivity index (χ0) is 16.3. The molecule has 0 aromatic carbocycles. The first-order valence-electron chi connectivity index (χ1n) is 7.32. The number of hydrogen-bond acceptors (Lipinski definition) is 5. The third kappa shape index (κ3) is 4.47. The summed E-state index contributed by atoms with van der Waals surface area (Å²) in [6, 6.07) is 1.42. The van der Waals surface area contributed by atoms with Crippen LogP contribution in [-0.2, 0) is 4.74 Å². The van der Waals surface area contributed by atoms with E-state index in [-0.39, 0.29) is 19.0 Å². The van der Waals surface area contributed by atoms with Gasteiger partial charge < -0.3 is 20.7 Å². The maximum absolute atomic E-state index is 14.0. The van der Waals surface area contributed by atoms with E-state index in [0.717, 1.165) is 5.69 Å². The molecule has 2 heterocycles. The maximum Gasteiger partial charge on any atom is 0.407 e. The van der Waals surface area contributed by atoms with Gasteiger partial charge in [0.25, 0.3) is 0 Å². The molecule has 1 aliphatic rings. The molecule has 7 heteroatoms. The van der Waals surface area contributed by atoms with Crippen molar-refractivity contribution in [3.8, 4) is 0 Å². The van der Waals surface area contributed by atoms with Gasteiger partial charge in [0.2, 0.25) is 0 Å². The molecule has 1 fully saturated rings. The highest BCUT2D eigenvalue weighted by molar-refractivity contribution is 5.69. The molecule has 3 N–H and O–H groups in total. The van der Waals surface area contributed by atoms with Crippen molar-refractivity contribution in [2.75, 3.05) is 23.7 Å². The summed E-state index contributed by atoms with van der Waals surface area (Å²) in [6.07, 6.45) is 1.84. The lowest BCUT2D eigenvalue weighted by Crippen LogP contribution is -2.52. The molecule has 1 amide bonds. The SMILES string of the molecule is CC(C)(C)OC(=O)N[C@H]1C[C@H](F)CN(c2ccncc2N)C1. The number of nitrogens with two attached hydrogens (primary N) is 1. The van der Waals surface area contributed by atoms with Crippen LogP contribution in [0.25, 0.3) is 0 Å². The quantitative estimate of drug-likeness (QED) is 0.874. The van der Waals surface area contributed by atoms with Crippen LogP contribution in [-0.4, -0.2) is 42.0 Å². The molecule has 0 aliphatic carbocycles. The fraction of sp³-hybridized carbons (Fsp3) is 0.600.